The van der Waals surface area contributed by atoms with Crippen LogP contribution in [0.15, 0.2) is 11.6 Å². The lowest BCUT2D eigenvalue weighted by molar-refractivity contribution is -0.138. The quantitative estimate of drug-likeness (QED) is 0.621. The van der Waals surface area contributed by atoms with Gasteiger partial charge in [-0.3, -0.25) is 4.79 Å². The molecule has 1 rings (SSSR count). The van der Waals surface area contributed by atoms with Crippen LogP contribution in [0, 0.1) is 5.92 Å². The van der Waals surface area contributed by atoms with Crippen LogP contribution in [-0.2, 0) is 14.3 Å². The van der Waals surface area contributed by atoms with Gasteiger partial charge in [0.2, 0.25) is 0 Å². The Kier molecular flexibility index (Phi) is 3.23. The molecule has 1 atom stereocenters. The molecule has 0 aromatic heterocycles. The summed E-state index contributed by atoms with van der Waals surface area (Å²) >= 11 is 0. The molecule has 3 heteroatoms. The van der Waals surface area contributed by atoms with Crippen LogP contribution in [-0.4, -0.2) is 18.4 Å². The van der Waals surface area contributed by atoms with Crippen molar-refractivity contribution in [2.45, 2.75) is 26.7 Å². The number of hydrogen-bond donors (Lipinski definition) is 0. The zero-order chi connectivity index (χ0) is 9.84. The molecule has 0 amide bonds. The van der Waals surface area contributed by atoms with Gasteiger partial charge in [-0.15, -0.1) is 0 Å². The van der Waals surface area contributed by atoms with E-state index in [9.17, 15) is 9.59 Å². The predicted molar refractivity (Wildman–Crippen MR) is 48.1 cm³/mol. The van der Waals surface area contributed by atoms with Gasteiger partial charge in [0.15, 0.2) is 0 Å². The average Bonchev–Trinajstić information content (AvgIpc) is 2.52. The van der Waals surface area contributed by atoms with Crippen LogP contribution in [0.4, 0.5) is 0 Å². The van der Waals surface area contributed by atoms with Gasteiger partial charge in [0, 0.05) is 11.5 Å². The Bertz CT molecular complexity index is 253. The fourth-order valence-corrected chi connectivity index (χ4v) is 1.42. The van der Waals surface area contributed by atoms with Gasteiger partial charge in [0.05, 0.1) is 6.61 Å². The van der Waals surface area contributed by atoms with Gasteiger partial charge in [-0.1, -0.05) is 6.08 Å². The van der Waals surface area contributed by atoms with Crippen LogP contribution in [0.2, 0.25) is 0 Å². The molecule has 1 aliphatic rings. The van der Waals surface area contributed by atoms with E-state index >= 15 is 0 Å². The lowest BCUT2D eigenvalue weighted by Crippen LogP contribution is -2.10. The molecule has 0 fully saturated rings. The summed E-state index contributed by atoms with van der Waals surface area (Å²) in [5.74, 6) is -0.124. The molecular weight excluding hydrogens is 168 g/mol. The Morgan fingerprint density at radius 3 is 2.77 bits per heavy atom. The van der Waals surface area contributed by atoms with Gasteiger partial charge in [-0.25, -0.2) is 4.79 Å². The van der Waals surface area contributed by atoms with Crippen LogP contribution < -0.4 is 0 Å². The van der Waals surface area contributed by atoms with Crippen molar-refractivity contribution in [3.63, 3.8) is 0 Å². The minimum atomic E-state index is -0.272. The van der Waals surface area contributed by atoms with Crippen molar-refractivity contribution in [2.75, 3.05) is 6.61 Å². The maximum absolute atomic E-state index is 11.2. The van der Waals surface area contributed by atoms with Crippen molar-refractivity contribution >= 4 is 11.8 Å². The van der Waals surface area contributed by atoms with Gasteiger partial charge in [0.1, 0.15) is 5.78 Å². The molecule has 0 heterocycles. The largest absolute Gasteiger partial charge is 0.463 e. The van der Waals surface area contributed by atoms with E-state index in [1.54, 1.807) is 13.8 Å². The van der Waals surface area contributed by atoms with Gasteiger partial charge < -0.3 is 4.74 Å². The van der Waals surface area contributed by atoms with E-state index in [4.69, 9.17) is 4.74 Å². The standard InChI is InChI=1S/C10H14O3/c1-3-13-10(12)9-5-4-8(6-9)7(2)11/h5,8H,3-4,6H2,1-2H3. The van der Waals surface area contributed by atoms with Crippen molar-refractivity contribution in [2.24, 2.45) is 5.92 Å². The molecule has 13 heavy (non-hydrogen) atoms. The van der Waals surface area contributed by atoms with Gasteiger partial charge >= 0.3 is 5.97 Å². The summed E-state index contributed by atoms with van der Waals surface area (Å²) in [5.41, 5.74) is 0.655. The molecule has 0 spiro atoms. The highest BCUT2D eigenvalue weighted by Gasteiger charge is 2.25. The summed E-state index contributed by atoms with van der Waals surface area (Å²) in [4.78, 5) is 22.2. The highest BCUT2D eigenvalue weighted by atomic mass is 16.5. The van der Waals surface area contributed by atoms with Crippen molar-refractivity contribution in [3.05, 3.63) is 11.6 Å². The van der Waals surface area contributed by atoms with Crippen LogP contribution in [0.25, 0.3) is 0 Å². The first kappa shape index (κ1) is 9.96. The molecule has 0 aromatic rings. The smallest absolute Gasteiger partial charge is 0.333 e. The van der Waals surface area contributed by atoms with Crippen LogP contribution >= 0.6 is 0 Å². The molecule has 72 valence electrons. The van der Waals surface area contributed by atoms with Crippen LogP contribution in [0.5, 0.6) is 0 Å². The minimum absolute atomic E-state index is 0.000550. The second kappa shape index (κ2) is 4.21. The van der Waals surface area contributed by atoms with E-state index in [2.05, 4.69) is 0 Å². The molecular formula is C10H14O3. The van der Waals surface area contributed by atoms with Crippen molar-refractivity contribution < 1.29 is 14.3 Å². The molecule has 1 aliphatic carbocycles. The van der Waals surface area contributed by atoms with Crippen LogP contribution in [0.1, 0.15) is 26.7 Å². The van der Waals surface area contributed by atoms with Crippen molar-refractivity contribution in [3.8, 4) is 0 Å². The summed E-state index contributed by atoms with van der Waals surface area (Å²) in [6.45, 7) is 3.73. The molecule has 0 saturated heterocycles. The second-order valence-corrected chi connectivity index (χ2v) is 3.20. The molecule has 0 N–H and O–H groups in total. The monoisotopic (exact) mass is 182 g/mol. The summed E-state index contributed by atoms with van der Waals surface area (Å²) in [7, 11) is 0. The fourth-order valence-electron chi connectivity index (χ4n) is 1.42. The number of esters is 1. The normalized spacial score (nSPS) is 21.1. The molecule has 0 bridgehead atoms. The SMILES string of the molecule is CCOC(=O)C1=CCC(C(C)=O)C1. The molecule has 0 radical (unpaired) electrons. The maximum Gasteiger partial charge on any atom is 0.333 e. The third-order valence-corrected chi connectivity index (χ3v) is 2.23. The zero-order valence-corrected chi connectivity index (χ0v) is 8.00. The molecule has 1 unspecified atom stereocenters. The summed E-state index contributed by atoms with van der Waals surface area (Å²) in [6.07, 6.45) is 3.04. The van der Waals surface area contributed by atoms with Crippen molar-refractivity contribution in [1.82, 2.24) is 0 Å². The van der Waals surface area contributed by atoms with Gasteiger partial charge in [0.25, 0.3) is 0 Å². The van der Waals surface area contributed by atoms with E-state index < -0.39 is 0 Å². The van der Waals surface area contributed by atoms with E-state index in [0.29, 0.717) is 25.0 Å². The molecule has 3 nitrogen and oxygen atoms in total. The number of carbonyl (C=O) groups excluding carboxylic acids is 2. The second-order valence-electron chi connectivity index (χ2n) is 3.20. The fraction of sp³-hybridized carbons (Fsp3) is 0.600. The minimum Gasteiger partial charge on any atom is -0.463 e. The average molecular weight is 182 g/mol. The Morgan fingerprint density at radius 2 is 2.31 bits per heavy atom. The summed E-state index contributed by atoms with van der Waals surface area (Å²) in [6, 6.07) is 0. The van der Waals surface area contributed by atoms with E-state index in [-0.39, 0.29) is 17.7 Å². The summed E-state index contributed by atoms with van der Waals surface area (Å²) < 4.78 is 4.84. The van der Waals surface area contributed by atoms with E-state index in [1.807, 2.05) is 6.08 Å². The Balaban J connectivity index is 2.48. The Labute approximate surface area is 77.8 Å². The first-order valence-electron chi connectivity index (χ1n) is 4.51. The highest BCUT2D eigenvalue weighted by molar-refractivity contribution is 5.91. The van der Waals surface area contributed by atoms with Crippen LogP contribution in [0.3, 0.4) is 0 Å². The number of ketones is 1. The van der Waals surface area contributed by atoms with E-state index in [1.165, 1.54) is 0 Å². The Morgan fingerprint density at radius 1 is 1.62 bits per heavy atom. The molecule has 0 aliphatic heterocycles. The van der Waals surface area contributed by atoms with Crippen molar-refractivity contribution in [1.29, 1.82) is 0 Å². The number of carbonyl (C=O) groups is 2. The molecule has 0 aromatic carbocycles. The van der Waals surface area contributed by atoms with Gasteiger partial charge in [-0.05, 0) is 26.7 Å². The zero-order valence-electron chi connectivity index (χ0n) is 8.00. The number of allylic oxidation sites excluding steroid dienone is 1. The van der Waals surface area contributed by atoms with Gasteiger partial charge in [-0.2, -0.15) is 0 Å². The number of hydrogen-bond acceptors (Lipinski definition) is 3. The molecule has 0 saturated carbocycles. The maximum atomic E-state index is 11.2. The number of Topliss-reactive ketones (excluding diaryl/α,β-unsaturated/α-hetero) is 1. The number of rotatable bonds is 3. The van der Waals surface area contributed by atoms with E-state index in [0.717, 1.165) is 0 Å². The third-order valence-electron chi connectivity index (χ3n) is 2.23. The summed E-state index contributed by atoms with van der Waals surface area (Å²) in [5, 5.41) is 0. The first-order valence-corrected chi connectivity index (χ1v) is 4.51. The lowest BCUT2D eigenvalue weighted by Gasteiger charge is -2.04. The first-order chi connectivity index (χ1) is 6.15. The highest BCUT2D eigenvalue weighted by Crippen LogP contribution is 2.26. The third kappa shape index (κ3) is 2.41. The number of ether oxygens (including phenoxy) is 1. The Hall–Kier alpha value is -1.12. The lowest BCUT2D eigenvalue weighted by atomic mass is 10.0. The topological polar surface area (TPSA) is 43.4 Å². The predicted octanol–water partition coefficient (Wildman–Crippen LogP) is 1.47.